The molecule has 4 heteroatoms. The highest BCUT2D eigenvalue weighted by molar-refractivity contribution is 6.42. The summed E-state index contributed by atoms with van der Waals surface area (Å²) in [6.07, 6.45) is 1.18. The van der Waals surface area contributed by atoms with Crippen LogP contribution in [0, 0.1) is 0 Å². The summed E-state index contributed by atoms with van der Waals surface area (Å²) in [5.74, 6) is 0. The fraction of sp³-hybridized carbons (Fsp3) is 0.600. The molecule has 104 valence electrons. The summed E-state index contributed by atoms with van der Waals surface area (Å²) in [4.78, 5) is 2.56. The number of benzene rings is 1. The Bertz CT molecular complexity index is 522. The number of anilines is 1. The molecule has 0 aliphatic carbocycles. The van der Waals surface area contributed by atoms with Gasteiger partial charge in [0.1, 0.15) is 0 Å². The molecule has 0 radical (unpaired) electrons. The van der Waals surface area contributed by atoms with Crippen molar-refractivity contribution < 1.29 is 0 Å². The van der Waals surface area contributed by atoms with Gasteiger partial charge in [0.15, 0.2) is 0 Å². The first-order valence-corrected chi connectivity index (χ1v) is 7.56. The molecular weight excluding hydrogens is 279 g/mol. The highest BCUT2D eigenvalue weighted by atomic mass is 35.5. The number of halogens is 2. The van der Waals surface area contributed by atoms with E-state index in [4.69, 9.17) is 23.2 Å². The van der Waals surface area contributed by atoms with Gasteiger partial charge in [-0.25, -0.2) is 0 Å². The third kappa shape index (κ3) is 2.14. The summed E-state index contributed by atoms with van der Waals surface area (Å²) >= 11 is 12.3. The van der Waals surface area contributed by atoms with Crippen molar-refractivity contribution in [3.05, 3.63) is 27.7 Å². The number of fused-ring (bicyclic) bond motifs is 2. The monoisotopic (exact) mass is 298 g/mol. The summed E-state index contributed by atoms with van der Waals surface area (Å²) < 4.78 is 0. The van der Waals surface area contributed by atoms with Crippen LogP contribution in [0.15, 0.2) is 12.1 Å². The molecule has 0 saturated carbocycles. The predicted molar refractivity (Wildman–Crippen MR) is 82.6 cm³/mol. The zero-order valence-electron chi connectivity index (χ0n) is 11.7. The second-order valence-electron chi connectivity index (χ2n) is 6.79. The SMILES string of the molecule is CC(C)(C)N1CC[C@]2(CNc3cc(Cl)c(Cl)cc32)C1. The molecule has 0 bridgehead atoms. The minimum absolute atomic E-state index is 0.205. The average molecular weight is 299 g/mol. The molecule has 2 nitrogen and oxygen atoms in total. The molecule has 1 fully saturated rings. The summed E-state index contributed by atoms with van der Waals surface area (Å²) in [6, 6.07) is 4.03. The van der Waals surface area contributed by atoms with Crippen LogP contribution in [-0.2, 0) is 5.41 Å². The first-order valence-electron chi connectivity index (χ1n) is 6.80. The number of hydrogen-bond donors (Lipinski definition) is 1. The van der Waals surface area contributed by atoms with Gasteiger partial charge in [-0.3, -0.25) is 4.90 Å². The third-order valence-corrected chi connectivity index (χ3v) is 5.27. The minimum Gasteiger partial charge on any atom is -0.384 e. The standard InChI is InChI=1S/C15H20Cl2N2/c1-14(2,3)19-5-4-15(9-19)8-18-13-7-12(17)11(16)6-10(13)15/h6-7,18H,4-5,8-9H2,1-3H3/t15-/m0/s1. The van der Waals surface area contributed by atoms with Gasteiger partial charge in [-0.2, -0.15) is 0 Å². The van der Waals surface area contributed by atoms with Gasteiger partial charge in [0.05, 0.1) is 10.0 Å². The molecule has 0 aromatic heterocycles. The van der Waals surface area contributed by atoms with E-state index in [2.05, 4.69) is 37.1 Å². The van der Waals surface area contributed by atoms with Crippen molar-refractivity contribution in [2.75, 3.05) is 25.0 Å². The summed E-state index contributed by atoms with van der Waals surface area (Å²) in [5.41, 5.74) is 2.93. The lowest BCUT2D eigenvalue weighted by atomic mass is 9.81. The number of hydrogen-bond acceptors (Lipinski definition) is 2. The van der Waals surface area contributed by atoms with Gasteiger partial charge in [0, 0.05) is 29.7 Å². The van der Waals surface area contributed by atoms with E-state index in [0.29, 0.717) is 10.0 Å². The van der Waals surface area contributed by atoms with Crippen LogP contribution >= 0.6 is 23.2 Å². The molecule has 2 heterocycles. The highest BCUT2D eigenvalue weighted by Crippen LogP contribution is 2.47. The van der Waals surface area contributed by atoms with Crippen LogP contribution in [0.5, 0.6) is 0 Å². The summed E-state index contributed by atoms with van der Waals surface area (Å²) in [6.45, 7) is 10.1. The van der Waals surface area contributed by atoms with Gasteiger partial charge in [0.2, 0.25) is 0 Å². The molecule has 2 aliphatic rings. The molecule has 1 atom stereocenters. The molecule has 1 saturated heterocycles. The van der Waals surface area contributed by atoms with E-state index < -0.39 is 0 Å². The second-order valence-corrected chi connectivity index (χ2v) is 7.60. The van der Waals surface area contributed by atoms with Crippen LogP contribution in [0.1, 0.15) is 32.8 Å². The van der Waals surface area contributed by atoms with Gasteiger partial charge in [-0.15, -0.1) is 0 Å². The van der Waals surface area contributed by atoms with Crippen LogP contribution < -0.4 is 5.32 Å². The van der Waals surface area contributed by atoms with Crippen molar-refractivity contribution in [2.45, 2.75) is 38.1 Å². The minimum atomic E-state index is 0.205. The molecular formula is C15H20Cl2N2. The third-order valence-electron chi connectivity index (χ3n) is 4.55. The lowest BCUT2D eigenvalue weighted by Gasteiger charge is -2.33. The zero-order valence-corrected chi connectivity index (χ0v) is 13.2. The molecule has 0 amide bonds. The van der Waals surface area contributed by atoms with Gasteiger partial charge in [0.25, 0.3) is 0 Å². The average Bonchev–Trinajstić information content (AvgIpc) is 2.88. The van der Waals surface area contributed by atoms with Crippen LogP contribution in [-0.4, -0.2) is 30.1 Å². The van der Waals surface area contributed by atoms with Crippen molar-refractivity contribution in [3.8, 4) is 0 Å². The first kappa shape index (κ1) is 13.5. The van der Waals surface area contributed by atoms with Crippen LogP contribution in [0.3, 0.4) is 0 Å². The van der Waals surface area contributed by atoms with E-state index in [0.717, 1.165) is 25.3 Å². The Morgan fingerprint density at radius 1 is 1.21 bits per heavy atom. The Kier molecular flexibility index (Phi) is 3.05. The number of likely N-dealkylation sites (tertiary alicyclic amines) is 1. The van der Waals surface area contributed by atoms with E-state index in [1.165, 1.54) is 12.0 Å². The molecule has 19 heavy (non-hydrogen) atoms. The van der Waals surface area contributed by atoms with Crippen molar-refractivity contribution >= 4 is 28.9 Å². The maximum atomic E-state index is 6.21. The Balaban J connectivity index is 1.97. The van der Waals surface area contributed by atoms with Crippen molar-refractivity contribution in [1.29, 1.82) is 0 Å². The molecule has 1 spiro atoms. The van der Waals surface area contributed by atoms with Gasteiger partial charge in [-0.1, -0.05) is 23.2 Å². The normalized spacial score (nSPS) is 26.8. The van der Waals surface area contributed by atoms with Crippen LogP contribution in [0.4, 0.5) is 5.69 Å². The Morgan fingerprint density at radius 2 is 1.89 bits per heavy atom. The van der Waals surface area contributed by atoms with Gasteiger partial charge < -0.3 is 5.32 Å². The van der Waals surface area contributed by atoms with Gasteiger partial charge >= 0.3 is 0 Å². The number of nitrogens with zero attached hydrogens (tertiary/aromatic N) is 1. The fourth-order valence-corrected chi connectivity index (χ4v) is 3.63. The highest BCUT2D eigenvalue weighted by Gasteiger charge is 2.46. The van der Waals surface area contributed by atoms with Crippen molar-refractivity contribution in [1.82, 2.24) is 4.90 Å². The van der Waals surface area contributed by atoms with Crippen LogP contribution in [0.2, 0.25) is 10.0 Å². The Hall–Kier alpha value is -0.440. The first-order chi connectivity index (χ1) is 8.82. The summed E-state index contributed by atoms with van der Waals surface area (Å²) in [7, 11) is 0. The molecule has 1 aromatic carbocycles. The van der Waals surface area contributed by atoms with E-state index in [1.807, 2.05) is 6.07 Å². The molecule has 0 unspecified atom stereocenters. The lowest BCUT2D eigenvalue weighted by Crippen LogP contribution is -2.42. The molecule has 1 aromatic rings. The Labute approximate surface area is 125 Å². The molecule has 3 rings (SSSR count). The van der Waals surface area contributed by atoms with E-state index in [1.54, 1.807) is 0 Å². The predicted octanol–water partition coefficient (Wildman–Crippen LogP) is 4.16. The lowest BCUT2D eigenvalue weighted by molar-refractivity contribution is 0.165. The maximum absolute atomic E-state index is 6.21. The van der Waals surface area contributed by atoms with Crippen molar-refractivity contribution in [2.24, 2.45) is 0 Å². The van der Waals surface area contributed by atoms with Crippen LogP contribution in [0.25, 0.3) is 0 Å². The molecule has 2 aliphatic heterocycles. The summed E-state index contributed by atoms with van der Waals surface area (Å²) in [5, 5.41) is 4.80. The molecule has 1 N–H and O–H groups in total. The smallest absolute Gasteiger partial charge is 0.0613 e. The van der Waals surface area contributed by atoms with E-state index in [9.17, 15) is 0 Å². The van der Waals surface area contributed by atoms with E-state index >= 15 is 0 Å². The fourth-order valence-electron chi connectivity index (χ4n) is 3.30. The largest absolute Gasteiger partial charge is 0.384 e. The topological polar surface area (TPSA) is 15.3 Å². The Morgan fingerprint density at radius 3 is 2.53 bits per heavy atom. The van der Waals surface area contributed by atoms with Crippen molar-refractivity contribution in [3.63, 3.8) is 0 Å². The zero-order chi connectivity index (χ0) is 13.8. The number of rotatable bonds is 0. The van der Waals surface area contributed by atoms with Gasteiger partial charge in [-0.05, 0) is 51.4 Å². The quantitative estimate of drug-likeness (QED) is 0.774. The van der Waals surface area contributed by atoms with E-state index in [-0.39, 0.29) is 11.0 Å². The second kappa shape index (κ2) is 4.28. The number of nitrogens with one attached hydrogen (secondary N) is 1. The maximum Gasteiger partial charge on any atom is 0.0613 e.